The summed E-state index contributed by atoms with van der Waals surface area (Å²) in [5.41, 5.74) is 4.24. The SMILES string of the molecule is Cc1nc2ccc(C(=O)N[C@@H](c3ccccc3)c3cccnc3)cc2[nH]1. The molecule has 26 heavy (non-hydrogen) atoms. The lowest BCUT2D eigenvalue weighted by Crippen LogP contribution is -2.29. The molecule has 5 heteroatoms. The van der Waals surface area contributed by atoms with Crippen molar-refractivity contribution in [2.24, 2.45) is 0 Å². The van der Waals surface area contributed by atoms with Crippen LogP contribution in [0.25, 0.3) is 11.0 Å². The topological polar surface area (TPSA) is 70.7 Å². The molecule has 2 heterocycles. The van der Waals surface area contributed by atoms with Gasteiger partial charge in [-0.25, -0.2) is 4.98 Å². The molecule has 0 aliphatic carbocycles. The number of hydrogen-bond acceptors (Lipinski definition) is 3. The van der Waals surface area contributed by atoms with Crippen LogP contribution in [0.15, 0.2) is 73.1 Å². The molecule has 4 aromatic rings. The summed E-state index contributed by atoms with van der Waals surface area (Å²) in [4.78, 5) is 24.6. The number of benzene rings is 2. The number of fused-ring (bicyclic) bond motifs is 1. The molecule has 1 atom stereocenters. The van der Waals surface area contributed by atoms with Crippen LogP contribution in [0.1, 0.15) is 33.4 Å². The molecule has 2 aromatic heterocycles. The molecule has 2 aromatic carbocycles. The lowest BCUT2D eigenvalue weighted by atomic mass is 9.99. The van der Waals surface area contributed by atoms with Gasteiger partial charge in [-0.1, -0.05) is 36.4 Å². The van der Waals surface area contributed by atoms with Crippen molar-refractivity contribution in [3.63, 3.8) is 0 Å². The molecule has 1 amide bonds. The van der Waals surface area contributed by atoms with Crippen LogP contribution in [0.3, 0.4) is 0 Å². The normalized spacial score (nSPS) is 12.0. The van der Waals surface area contributed by atoms with Crippen LogP contribution < -0.4 is 5.32 Å². The Kier molecular flexibility index (Phi) is 4.19. The zero-order valence-corrected chi connectivity index (χ0v) is 14.3. The van der Waals surface area contributed by atoms with E-state index in [9.17, 15) is 4.79 Å². The first-order valence-corrected chi connectivity index (χ1v) is 8.43. The second kappa shape index (κ2) is 6.80. The fourth-order valence-corrected chi connectivity index (χ4v) is 3.04. The number of aryl methyl sites for hydroxylation is 1. The van der Waals surface area contributed by atoms with Crippen LogP contribution in [-0.4, -0.2) is 20.9 Å². The number of aromatic nitrogens is 3. The third-order valence-electron chi connectivity index (χ3n) is 4.29. The number of imidazole rings is 1. The van der Waals surface area contributed by atoms with Gasteiger partial charge in [0.05, 0.1) is 17.1 Å². The number of hydrogen-bond donors (Lipinski definition) is 2. The van der Waals surface area contributed by atoms with Gasteiger partial charge in [-0.15, -0.1) is 0 Å². The van der Waals surface area contributed by atoms with E-state index in [1.54, 1.807) is 18.5 Å². The van der Waals surface area contributed by atoms with Crippen molar-refractivity contribution >= 4 is 16.9 Å². The smallest absolute Gasteiger partial charge is 0.252 e. The van der Waals surface area contributed by atoms with Gasteiger partial charge in [0.2, 0.25) is 0 Å². The van der Waals surface area contributed by atoms with Crippen LogP contribution >= 0.6 is 0 Å². The molecule has 0 aliphatic heterocycles. The fourth-order valence-electron chi connectivity index (χ4n) is 3.04. The van der Waals surface area contributed by atoms with Gasteiger partial charge in [0.25, 0.3) is 5.91 Å². The van der Waals surface area contributed by atoms with Crippen molar-refractivity contribution in [1.82, 2.24) is 20.3 Å². The van der Waals surface area contributed by atoms with Gasteiger partial charge in [0.1, 0.15) is 5.82 Å². The predicted octanol–water partition coefficient (Wildman–Crippen LogP) is 3.79. The maximum atomic E-state index is 12.9. The summed E-state index contributed by atoms with van der Waals surface area (Å²) in [5.74, 6) is 0.687. The Hall–Kier alpha value is -3.47. The van der Waals surface area contributed by atoms with Crippen LogP contribution in [0.2, 0.25) is 0 Å². The molecule has 0 radical (unpaired) electrons. The summed E-state index contributed by atoms with van der Waals surface area (Å²) in [7, 11) is 0. The molecule has 0 aliphatic rings. The summed E-state index contributed by atoms with van der Waals surface area (Å²) < 4.78 is 0. The van der Waals surface area contributed by atoms with Gasteiger partial charge in [0.15, 0.2) is 0 Å². The number of aromatic amines is 1. The van der Waals surface area contributed by atoms with E-state index in [-0.39, 0.29) is 11.9 Å². The highest BCUT2D eigenvalue weighted by Crippen LogP contribution is 2.22. The van der Waals surface area contributed by atoms with Gasteiger partial charge in [-0.2, -0.15) is 0 Å². The highest BCUT2D eigenvalue weighted by atomic mass is 16.1. The number of amides is 1. The minimum absolute atomic E-state index is 0.142. The Labute approximate surface area is 151 Å². The van der Waals surface area contributed by atoms with Crippen LogP contribution in [0.5, 0.6) is 0 Å². The van der Waals surface area contributed by atoms with Crippen molar-refractivity contribution in [2.75, 3.05) is 0 Å². The lowest BCUT2D eigenvalue weighted by Gasteiger charge is -2.19. The van der Waals surface area contributed by atoms with Gasteiger partial charge in [-0.05, 0) is 42.3 Å². The standard InChI is InChI=1S/C21H18N4O/c1-14-23-18-10-9-16(12-19(18)24-14)21(26)25-20(15-6-3-2-4-7-15)17-8-5-11-22-13-17/h2-13,20H,1H3,(H,23,24)(H,25,26)/t20-/m0/s1. The van der Waals surface area contributed by atoms with Gasteiger partial charge >= 0.3 is 0 Å². The number of H-pyrrole nitrogens is 1. The van der Waals surface area contributed by atoms with E-state index in [0.717, 1.165) is 28.0 Å². The first kappa shape index (κ1) is 16.0. The average Bonchev–Trinajstić information content (AvgIpc) is 3.06. The Balaban J connectivity index is 1.67. The van der Waals surface area contributed by atoms with Crippen molar-refractivity contribution < 1.29 is 4.79 Å². The zero-order chi connectivity index (χ0) is 17.9. The van der Waals surface area contributed by atoms with Crippen molar-refractivity contribution in [2.45, 2.75) is 13.0 Å². The third-order valence-corrected chi connectivity index (χ3v) is 4.29. The van der Waals surface area contributed by atoms with E-state index < -0.39 is 0 Å². The predicted molar refractivity (Wildman–Crippen MR) is 101 cm³/mol. The molecule has 4 rings (SSSR count). The fraction of sp³-hybridized carbons (Fsp3) is 0.0952. The van der Waals surface area contributed by atoms with E-state index in [1.165, 1.54) is 0 Å². The number of rotatable bonds is 4. The van der Waals surface area contributed by atoms with E-state index >= 15 is 0 Å². The molecule has 0 fully saturated rings. The Morgan fingerprint density at radius 2 is 1.85 bits per heavy atom. The van der Waals surface area contributed by atoms with Crippen molar-refractivity contribution in [1.29, 1.82) is 0 Å². The molecule has 5 nitrogen and oxygen atoms in total. The van der Waals surface area contributed by atoms with Crippen LogP contribution in [0, 0.1) is 6.92 Å². The van der Waals surface area contributed by atoms with Crippen LogP contribution in [-0.2, 0) is 0 Å². The molecule has 2 N–H and O–H groups in total. The number of pyridine rings is 1. The quantitative estimate of drug-likeness (QED) is 0.593. The number of nitrogens with zero attached hydrogens (tertiary/aromatic N) is 2. The highest BCUT2D eigenvalue weighted by molar-refractivity contribution is 5.97. The van der Waals surface area contributed by atoms with E-state index in [2.05, 4.69) is 20.3 Å². The monoisotopic (exact) mass is 342 g/mol. The van der Waals surface area contributed by atoms with Crippen molar-refractivity contribution in [3.05, 3.63) is 95.6 Å². The molecule has 0 unspecified atom stereocenters. The Morgan fingerprint density at radius 3 is 2.62 bits per heavy atom. The van der Waals surface area contributed by atoms with Gasteiger partial charge in [-0.3, -0.25) is 9.78 Å². The molecule has 0 bridgehead atoms. The summed E-state index contributed by atoms with van der Waals surface area (Å²) in [6.07, 6.45) is 3.50. The third kappa shape index (κ3) is 3.19. The largest absolute Gasteiger partial charge is 0.342 e. The minimum atomic E-state index is -0.267. The summed E-state index contributed by atoms with van der Waals surface area (Å²) >= 11 is 0. The first-order chi connectivity index (χ1) is 12.7. The summed E-state index contributed by atoms with van der Waals surface area (Å²) in [5, 5.41) is 3.12. The molecule has 0 saturated heterocycles. The molecular weight excluding hydrogens is 324 g/mol. The number of nitrogens with one attached hydrogen (secondary N) is 2. The lowest BCUT2D eigenvalue weighted by molar-refractivity contribution is 0.0943. The first-order valence-electron chi connectivity index (χ1n) is 8.43. The highest BCUT2D eigenvalue weighted by Gasteiger charge is 2.18. The molecule has 128 valence electrons. The maximum Gasteiger partial charge on any atom is 0.252 e. The van der Waals surface area contributed by atoms with E-state index in [0.29, 0.717) is 5.56 Å². The van der Waals surface area contributed by atoms with E-state index in [4.69, 9.17) is 0 Å². The average molecular weight is 342 g/mol. The second-order valence-electron chi connectivity index (χ2n) is 6.16. The number of carbonyl (C=O) groups is 1. The van der Waals surface area contributed by atoms with Crippen molar-refractivity contribution in [3.8, 4) is 0 Å². The molecule has 0 spiro atoms. The molecular formula is C21H18N4O. The number of carbonyl (C=O) groups excluding carboxylic acids is 1. The maximum absolute atomic E-state index is 12.9. The van der Waals surface area contributed by atoms with E-state index in [1.807, 2.05) is 61.5 Å². The zero-order valence-electron chi connectivity index (χ0n) is 14.3. The molecule has 0 saturated carbocycles. The van der Waals surface area contributed by atoms with Crippen LogP contribution in [0.4, 0.5) is 0 Å². The second-order valence-corrected chi connectivity index (χ2v) is 6.16. The summed E-state index contributed by atoms with van der Waals surface area (Å²) in [6.45, 7) is 1.90. The Bertz CT molecular complexity index is 1000. The van der Waals surface area contributed by atoms with Gasteiger partial charge < -0.3 is 10.3 Å². The van der Waals surface area contributed by atoms with Gasteiger partial charge in [0, 0.05) is 18.0 Å². The minimum Gasteiger partial charge on any atom is -0.342 e. The summed E-state index contributed by atoms with van der Waals surface area (Å²) in [6, 6.07) is 18.9. The Morgan fingerprint density at radius 1 is 1.04 bits per heavy atom.